The third-order valence-corrected chi connectivity index (χ3v) is 5.04. The lowest BCUT2D eigenvalue weighted by molar-refractivity contribution is -0.140. The Morgan fingerprint density at radius 1 is 1.10 bits per heavy atom. The van der Waals surface area contributed by atoms with E-state index in [0.717, 1.165) is 15.6 Å². The summed E-state index contributed by atoms with van der Waals surface area (Å²) in [6.45, 7) is 3.38. The van der Waals surface area contributed by atoms with Gasteiger partial charge in [0.05, 0.1) is 17.1 Å². The van der Waals surface area contributed by atoms with Crippen LogP contribution in [0.2, 0.25) is 0 Å². The second kappa shape index (κ2) is 6.90. The van der Waals surface area contributed by atoms with E-state index in [0.29, 0.717) is 22.2 Å². The smallest absolute Gasteiger partial charge is 0.349 e. The van der Waals surface area contributed by atoms with Gasteiger partial charge in [0.2, 0.25) is 0 Å². The summed E-state index contributed by atoms with van der Waals surface area (Å²) in [6.07, 6.45) is 1.42. The fraction of sp³-hybridized carbons (Fsp3) is 0.143. The van der Waals surface area contributed by atoms with Crippen LogP contribution in [-0.2, 0) is 4.79 Å². The van der Waals surface area contributed by atoms with Crippen molar-refractivity contribution in [2.24, 2.45) is 5.10 Å². The number of hydrogen-bond acceptors (Lipinski definition) is 4. The zero-order valence-corrected chi connectivity index (χ0v) is 15.8. The Balaban J connectivity index is 1.92. The molecule has 0 aliphatic rings. The normalized spacial score (nSPS) is 12.8. The number of H-pyrrole nitrogens is 1. The van der Waals surface area contributed by atoms with E-state index in [-0.39, 0.29) is 0 Å². The first-order valence-electron chi connectivity index (χ1n) is 9.01. The summed E-state index contributed by atoms with van der Waals surface area (Å²) in [6, 6.07) is 13.3. The van der Waals surface area contributed by atoms with E-state index in [1.165, 1.54) is 6.21 Å². The molecular weight excluding hydrogens is 372 g/mol. The number of nitrogens with one attached hydrogen (secondary N) is 1. The maximum atomic E-state index is 12.7. The van der Waals surface area contributed by atoms with Gasteiger partial charge in [-0.3, -0.25) is 4.79 Å². The molecule has 2 aromatic carbocycles. The second-order valence-corrected chi connectivity index (χ2v) is 6.74. The molecule has 2 aromatic heterocycles. The van der Waals surface area contributed by atoms with E-state index in [1.54, 1.807) is 42.7 Å². The number of aromatic nitrogens is 3. The zero-order chi connectivity index (χ0) is 20.7. The lowest BCUT2D eigenvalue weighted by Crippen LogP contribution is -2.32. The van der Waals surface area contributed by atoms with Gasteiger partial charge in [-0.05, 0) is 32.0 Å². The third-order valence-electron chi connectivity index (χ3n) is 5.04. The zero-order valence-electron chi connectivity index (χ0n) is 15.8. The number of nitrogens with zero attached hydrogens (tertiary/aromatic N) is 3. The van der Waals surface area contributed by atoms with Gasteiger partial charge in [0.1, 0.15) is 6.04 Å². The molecule has 0 bridgehead atoms. The molecule has 0 spiro atoms. The molecule has 0 unspecified atom stereocenters. The number of carboxylic acid groups (broad SMARTS) is 1. The predicted molar refractivity (Wildman–Crippen MR) is 111 cm³/mol. The van der Waals surface area contributed by atoms with Crippen LogP contribution in [0.4, 0.5) is 0 Å². The number of carboxylic acids is 1. The van der Waals surface area contributed by atoms with E-state index >= 15 is 0 Å². The van der Waals surface area contributed by atoms with Gasteiger partial charge in [-0.25, -0.2) is 9.59 Å². The van der Waals surface area contributed by atoms with Crippen LogP contribution in [0, 0.1) is 6.92 Å². The van der Waals surface area contributed by atoms with E-state index in [9.17, 15) is 19.5 Å². The Labute approximate surface area is 164 Å². The molecule has 8 nitrogen and oxygen atoms in total. The summed E-state index contributed by atoms with van der Waals surface area (Å²) in [7, 11) is 0. The van der Waals surface area contributed by atoms with Crippen molar-refractivity contribution in [2.75, 3.05) is 0 Å². The van der Waals surface area contributed by atoms with E-state index in [4.69, 9.17) is 0 Å². The van der Waals surface area contributed by atoms with Crippen molar-refractivity contribution in [3.8, 4) is 0 Å². The topological polar surface area (TPSA) is 109 Å². The number of rotatable bonds is 4. The minimum Gasteiger partial charge on any atom is -0.480 e. The monoisotopic (exact) mass is 390 g/mol. The molecular formula is C21H18N4O4. The predicted octanol–water partition coefficient (Wildman–Crippen LogP) is 2.48. The summed E-state index contributed by atoms with van der Waals surface area (Å²) in [5, 5.41) is 14.7. The Bertz CT molecular complexity index is 1410. The van der Waals surface area contributed by atoms with E-state index in [2.05, 4.69) is 10.1 Å². The van der Waals surface area contributed by atoms with Gasteiger partial charge in [0, 0.05) is 22.2 Å². The third kappa shape index (κ3) is 2.94. The molecule has 4 aromatic rings. The van der Waals surface area contributed by atoms with Crippen LogP contribution in [0.5, 0.6) is 0 Å². The fourth-order valence-electron chi connectivity index (χ4n) is 3.56. The van der Waals surface area contributed by atoms with Gasteiger partial charge >= 0.3 is 11.7 Å². The van der Waals surface area contributed by atoms with Gasteiger partial charge < -0.3 is 14.7 Å². The Morgan fingerprint density at radius 2 is 1.76 bits per heavy atom. The average molecular weight is 390 g/mol. The molecule has 29 heavy (non-hydrogen) atoms. The van der Waals surface area contributed by atoms with Crippen molar-refractivity contribution in [3.63, 3.8) is 0 Å². The molecule has 0 saturated heterocycles. The van der Waals surface area contributed by atoms with E-state index < -0.39 is 23.3 Å². The molecule has 0 aliphatic heterocycles. The van der Waals surface area contributed by atoms with Crippen LogP contribution >= 0.6 is 0 Å². The highest BCUT2D eigenvalue weighted by molar-refractivity contribution is 6.01. The maximum absolute atomic E-state index is 12.7. The van der Waals surface area contributed by atoms with Crippen molar-refractivity contribution in [1.82, 2.24) is 14.2 Å². The quantitative estimate of drug-likeness (QED) is 0.522. The van der Waals surface area contributed by atoms with Crippen molar-refractivity contribution in [2.45, 2.75) is 19.9 Å². The summed E-state index contributed by atoms with van der Waals surface area (Å²) < 4.78 is 2.47. The van der Waals surface area contributed by atoms with Crippen LogP contribution in [0.3, 0.4) is 0 Å². The molecule has 0 radical (unpaired) electrons. The number of benzene rings is 2. The molecule has 2 heterocycles. The number of aliphatic carboxylic acids is 1. The molecule has 0 saturated carbocycles. The summed E-state index contributed by atoms with van der Waals surface area (Å²) in [5.41, 5.74) is 1.33. The molecule has 146 valence electrons. The maximum Gasteiger partial charge on any atom is 0.349 e. The molecule has 0 fully saturated rings. The number of fused-ring (bicyclic) bond motifs is 2. The minimum absolute atomic E-state index is 0.350. The Kier molecular flexibility index (Phi) is 4.38. The van der Waals surface area contributed by atoms with Gasteiger partial charge in [-0.1, -0.05) is 30.3 Å². The SMILES string of the molecule is Cc1c(C=Nn2c(=O)[nH]c3ccccc3c2=O)c2ccccc2n1[C@H](C)C(=O)O. The van der Waals surface area contributed by atoms with Gasteiger partial charge in [-0.2, -0.15) is 5.10 Å². The average Bonchev–Trinajstić information content (AvgIpc) is 2.98. The molecule has 8 heteroatoms. The molecule has 0 aliphatic carbocycles. The highest BCUT2D eigenvalue weighted by Gasteiger charge is 2.21. The van der Waals surface area contributed by atoms with Crippen molar-refractivity contribution < 1.29 is 9.90 Å². The molecule has 1 atom stereocenters. The molecule has 4 rings (SSSR count). The summed E-state index contributed by atoms with van der Waals surface area (Å²) in [4.78, 5) is 39.2. The van der Waals surface area contributed by atoms with Gasteiger partial charge in [0.15, 0.2) is 0 Å². The Morgan fingerprint density at radius 3 is 2.48 bits per heavy atom. The van der Waals surface area contributed by atoms with Crippen LogP contribution in [0.1, 0.15) is 24.2 Å². The molecule has 0 amide bonds. The largest absolute Gasteiger partial charge is 0.480 e. The second-order valence-electron chi connectivity index (χ2n) is 6.74. The minimum atomic E-state index is -0.959. The summed E-state index contributed by atoms with van der Waals surface area (Å²) >= 11 is 0. The number of hydrogen-bond donors (Lipinski definition) is 2. The number of aromatic amines is 1. The summed E-state index contributed by atoms with van der Waals surface area (Å²) in [5.74, 6) is -0.959. The lowest BCUT2D eigenvalue weighted by Gasteiger charge is -2.13. The number of carbonyl (C=O) groups is 1. The van der Waals surface area contributed by atoms with Crippen molar-refractivity contribution in [3.05, 3.63) is 80.6 Å². The van der Waals surface area contributed by atoms with E-state index in [1.807, 2.05) is 24.3 Å². The lowest BCUT2D eigenvalue weighted by atomic mass is 10.1. The van der Waals surface area contributed by atoms with Crippen LogP contribution in [0.15, 0.2) is 63.2 Å². The number of para-hydroxylation sites is 2. The highest BCUT2D eigenvalue weighted by atomic mass is 16.4. The first kappa shape index (κ1) is 18.4. The first-order chi connectivity index (χ1) is 13.9. The van der Waals surface area contributed by atoms with Crippen molar-refractivity contribution in [1.29, 1.82) is 0 Å². The standard InChI is InChI=1S/C21H18N4O4/c1-12-16(14-7-4-6-10-18(14)24(12)13(2)20(27)28)11-22-25-19(26)15-8-3-5-9-17(15)23-21(25)29/h3-11,13H,1-2H3,(H,23,29)(H,27,28)/t13-/m1/s1. The highest BCUT2D eigenvalue weighted by Crippen LogP contribution is 2.28. The van der Waals surface area contributed by atoms with Crippen molar-refractivity contribution >= 4 is 34.0 Å². The molecule has 2 N–H and O–H groups in total. The fourth-order valence-corrected chi connectivity index (χ4v) is 3.56. The van der Waals surface area contributed by atoms with Crippen LogP contribution in [-0.4, -0.2) is 31.5 Å². The van der Waals surface area contributed by atoms with Gasteiger partial charge in [-0.15, -0.1) is 4.68 Å². The Hall–Kier alpha value is -3.94. The van der Waals surface area contributed by atoms with Crippen LogP contribution < -0.4 is 11.2 Å². The van der Waals surface area contributed by atoms with Crippen LogP contribution in [0.25, 0.3) is 21.8 Å². The first-order valence-corrected chi connectivity index (χ1v) is 9.01. The van der Waals surface area contributed by atoms with Gasteiger partial charge in [0.25, 0.3) is 5.56 Å².